The van der Waals surface area contributed by atoms with Gasteiger partial charge in [0.25, 0.3) is 5.91 Å². The van der Waals surface area contributed by atoms with Crippen LogP contribution in [0.2, 0.25) is 0 Å². The first-order valence-electron chi connectivity index (χ1n) is 11.3. The van der Waals surface area contributed by atoms with E-state index in [2.05, 4.69) is 10.1 Å². The molecule has 0 spiro atoms. The molecule has 1 aliphatic heterocycles. The second kappa shape index (κ2) is 8.98. The van der Waals surface area contributed by atoms with Crippen molar-refractivity contribution in [2.75, 3.05) is 13.1 Å². The lowest BCUT2D eigenvalue weighted by Crippen LogP contribution is -2.38. The molecule has 0 radical (unpaired) electrons. The maximum absolute atomic E-state index is 13.1. The van der Waals surface area contributed by atoms with Crippen molar-refractivity contribution >= 4 is 5.91 Å². The highest BCUT2D eigenvalue weighted by Gasteiger charge is 2.29. The number of aryl methyl sites for hydroxylation is 2. The molecule has 0 aliphatic carbocycles. The zero-order valence-electron chi connectivity index (χ0n) is 18.9. The molecule has 1 fully saturated rings. The lowest BCUT2D eigenvalue weighted by Gasteiger charge is -2.32. The predicted molar refractivity (Wildman–Crippen MR) is 127 cm³/mol. The average molecular weight is 439 g/mol. The van der Waals surface area contributed by atoms with Gasteiger partial charge in [-0.1, -0.05) is 53.7 Å². The summed E-state index contributed by atoms with van der Waals surface area (Å²) in [4.78, 5) is 24.6. The van der Waals surface area contributed by atoms with Crippen LogP contribution in [0.3, 0.4) is 0 Å². The van der Waals surface area contributed by atoms with Crippen LogP contribution in [0.25, 0.3) is 22.7 Å². The molecule has 5 rings (SSSR count). The van der Waals surface area contributed by atoms with Crippen LogP contribution in [0.15, 0.2) is 71.4 Å². The van der Waals surface area contributed by atoms with Crippen LogP contribution >= 0.6 is 0 Å². The molecular formula is C27H26N4O2. The Kier molecular flexibility index (Phi) is 5.73. The molecule has 0 unspecified atom stereocenters. The molecule has 6 heteroatoms. The van der Waals surface area contributed by atoms with Crippen molar-refractivity contribution in [2.45, 2.75) is 32.6 Å². The number of nitrogens with zero attached hydrogens (tertiary/aromatic N) is 4. The van der Waals surface area contributed by atoms with Gasteiger partial charge in [-0.05, 0) is 38.3 Å². The Bertz CT molecular complexity index is 1270. The van der Waals surface area contributed by atoms with Crippen LogP contribution in [0.4, 0.5) is 0 Å². The van der Waals surface area contributed by atoms with E-state index in [0.29, 0.717) is 24.7 Å². The van der Waals surface area contributed by atoms with E-state index in [1.165, 1.54) is 0 Å². The number of carbonyl (C=O) groups is 1. The third-order valence-electron chi connectivity index (χ3n) is 6.29. The molecular weight excluding hydrogens is 412 g/mol. The lowest BCUT2D eigenvalue weighted by molar-refractivity contribution is 0.0711. The second-order valence-electron chi connectivity index (χ2n) is 8.57. The van der Waals surface area contributed by atoms with Gasteiger partial charge in [0.05, 0.1) is 17.0 Å². The van der Waals surface area contributed by atoms with Gasteiger partial charge in [-0.15, -0.1) is 0 Å². The van der Waals surface area contributed by atoms with Crippen molar-refractivity contribution in [1.82, 2.24) is 20.0 Å². The summed E-state index contributed by atoms with van der Waals surface area (Å²) in [6, 6.07) is 19.7. The average Bonchev–Trinajstić information content (AvgIpc) is 3.30. The van der Waals surface area contributed by atoms with E-state index in [1.54, 1.807) is 0 Å². The van der Waals surface area contributed by atoms with Gasteiger partial charge in [0.2, 0.25) is 0 Å². The molecule has 166 valence electrons. The number of hydrogen-bond donors (Lipinski definition) is 0. The number of likely N-dealkylation sites (tertiary alicyclic amines) is 1. The molecule has 1 saturated heterocycles. The van der Waals surface area contributed by atoms with E-state index >= 15 is 0 Å². The highest BCUT2D eigenvalue weighted by molar-refractivity contribution is 5.95. The minimum absolute atomic E-state index is 0.102. The number of rotatable bonds is 4. The van der Waals surface area contributed by atoms with Gasteiger partial charge >= 0.3 is 0 Å². The number of piperidine rings is 1. The van der Waals surface area contributed by atoms with Gasteiger partial charge in [0.1, 0.15) is 0 Å². The molecule has 33 heavy (non-hydrogen) atoms. The molecule has 1 amide bonds. The monoisotopic (exact) mass is 438 g/mol. The Balaban J connectivity index is 1.43. The summed E-state index contributed by atoms with van der Waals surface area (Å²) < 4.78 is 5.56. The van der Waals surface area contributed by atoms with E-state index < -0.39 is 0 Å². The fourth-order valence-corrected chi connectivity index (χ4v) is 4.45. The maximum Gasteiger partial charge on any atom is 0.254 e. The Hall–Kier alpha value is -3.80. The SMILES string of the molecule is Cc1cc(-c2cnc(-c3ccccc3)nc2C2CCN(C(=O)c3ccccc3C)CC2)on1. The number of amides is 1. The first kappa shape index (κ1) is 21.1. The molecule has 6 nitrogen and oxygen atoms in total. The van der Waals surface area contributed by atoms with Crippen molar-refractivity contribution in [3.8, 4) is 22.7 Å². The molecule has 0 atom stereocenters. The minimum atomic E-state index is 0.102. The Morgan fingerprint density at radius 2 is 1.73 bits per heavy atom. The normalized spacial score (nSPS) is 14.4. The Morgan fingerprint density at radius 3 is 2.42 bits per heavy atom. The minimum Gasteiger partial charge on any atom is -0.356 e. The summed E-state index contributed by atoms with van der Waals surface area (Å²) >= 11 is 0. The number of aromatic nitrogens is 3. The summed E-state index contributed by atoms with van der Waals surface area (Å²) in [5.41, 5.74) is 5.42. The first-order valence-corrected chi connectivity index (χ1v) is 11.3. The van der Waals surface area contributed by atoms with Crippen LogP contribution in [0.5, 0.6) is 0 Å². The van der Waals surface area contributed by atoms with Gasteiger partial charge in [-0.25, -0.2) is 9.97 Å². The zero-order chi connectivity index (χ0) is 22.8. The number of hydrogen-bond acceptors (Lipinski definition) is 5. The van der Waals surface area contributed by atoms with Crippen LogP contribution < -0.4 is 0 Å². The van der Waals surface area contributed by atoms with Crippen molar-refractivity contribution in [3.05, 3.63) is 89.4 Å². The zero-order valence-corrected chi connectivity index (χ0v) is 18.9. The van der Waals surface area contributed by atoms with Crippen LogP contribution in [-0.4, -0.2) is 39.0 Å². The topological polar surface area (TPSA) is 72.1 Å². The van der Waals surface area contributed by atoms with Gasteiger partial charge in [-0.3, -0.25) is 4.79 Å². The summed E-state index contributed by atoms with van der Waals surface area (Å²) in [5, 5.41) is 4.05. The fourth-order valence-electron chi connectivity index (χ4n) is 4.45. The molecule has 3 heterocycles. The van der Waals surface area contributed by atoms with Crippen LogP contribution in [0, 0.1) is 13.8 Å². The van der Waals surface area contributed by atoms with Crippen molar-refractivity contribution < 1.29 is 9.32 Å². The molecule has 1 aliphatic rings. The molecule has 0 saturated carbocycles. The molecule has 2 aromatic carbocycles. The third kappa shape index (κ3) is 4.29. The summed E-state index contributed by atoms with van der Waals surface area (Å²) in [6.45, 7) is 5.27. The van der Waals surface area contributed by atoms with E-state index in [-0.39, 0.29) is 11.8 Å². The molecule has 4 aromatic rings. The third-order valence-corrected chi connectivity index (χ3v) is 6.29. The number of benzene rings is 2. The highest BCUT2D eigenvalue weighted by atomic mass is 16.5. The quantitative estimate of drug-likeness (QED) is 0.424. The second-order valence-corrected chi connectivity index (χ2v) is 8.57. The predicted octanol–water partition coefficient (Wildman–Crippen LogP) is 5.44. The summed E-state index contributed by atoms with van der Waals surface area (Å²) in [6.07, 6.45) is 3.52. The number of carbonyl (C=O) groups excluding carboxylic acids is 1. The molecule has 0 N–H and O–H groups in total. The Labute approximate surface area is 193 Å². The van der Waals surface area contributed by atoms with E-state index in [1.807, 2.05) is 85.6 Å². The molecule has 2 aromatic heterocycles. The Morgan fingerprint density at radius 1 is 1.00 bits per heavy atom. The van der Waals surface area contributed by atoms with E-state index in [9.17, 15) is 4.79 Å². The molecule has 0 bridgehead atoms. The van der Waals surface area contributed by atoms with Crippen molar-refractivity contribution in [2.24, 2.45) is 0 Å². The van der Waals surface area contributed by atoms with E-state index in [4.69, 9.17) is 9.51 Å². The van der Waals surface area contributed by atoms with Gasteiger partial charge in [-0.2, -0.15) is 0 Å². The fraction of sp³-hybridized carbons (Fsp3) is 0.259. The largest absolute Gasteiger partial charge is 0.356 e. The maximum atomic E-state index is 13.1. The van der Waals surface area contributed by atoms with Gasteiger partial charge in [0, 0.05) is 42.4 Å². The summed E-state index contributed by atoms with van der Waals surface area (Å²) in [5.74, 6) is 1.69. The van der Waals surface area contributed by atoms with Gasteiger partial charge < -0.3 is 9.42 Å². The van der Waals surface area contributed by atoms with Crippen molar-refractivity contribution in [3.63, 3.8) is 0 Å². The van der Waals surface area contributed by atoms with Crippen LogP contribution in [0.1, 0.15) is 46.1 Å². The van der Waals surface area contributed by atoms with Gasteiger partial charge in [0.15, 0.2) is 11.6 Å². The lowest BCUT2D eigenvalue weighted by atomic mass is 9.89. The smallest absolute Gasteiger partial charge is 0.254 e. The standard InChI is InChI=1S/C27H26N4O2/c1-18-8-6-7-11-22(18)27(32)31-14-12-20(13-15-31)25-23(24-16-19(2)30-33-24)17-28-26(29-25)21-9-4-3-5-10-21/h3-11,16-17,20H,12-15H2,1-2H3. The van der Waals surface area contributed by atoms with Crippen LogP contribution in [-0.2, 0) is 0 Å². The highest BCUT2D eigenvalue weighted by Crippen LogP contribution is 2.35. The van der Waals surface area contributed by atoms with E-state index in [0.717, 1.165) is 46.5 Å². The summed E-state index contributed by atoms with van der Waals surface area (Å²) in [7, 11) is 0. The van der Waals surface area contributed by atoms with Crippen molar-refractivity contribution in [1.29, 1.82) is 0 Å². The first-order chi connectivity index (χ1) is 16.1.